The number of methoxy groups -OCH3 is 1. The number of hydrogen-bond donors (Lipinski definition) is 0. The van der Waals surface area contributed by atoms with Crippen LogP contribution in [0.2, 0.25) is 5.02 Å². The minimum absolute atomic E-state index is 0.00958. The summed E-state index contributed by atoms with van der Waals surface area (Å²) in [6.07, 6.45) is 0. The Labute approximate surface area is 175 Å². The lowest BCUT2D eigenvalue weighted by Crippen LogP contribution is -2.00. The fraction of sp³-hybridized carbons (Fsp3) is 0.0952. The van der Waals surface area contributed by atoms with E-state index < -0.39 is 4.92 Å². The van der Waals surface area contributed by atoms with E-state index in [1.165, 1.54) is 19.2 Å². The molecule has 0 spiro atoms. The number of benzene rings is 3. The summed E-state index contributed by atoms with van der Waals surface area (Å²) in [6.45, 7) is 0.123. The van der Waals surface area contributed by atoms with E-state index >= 15 is 0 Å². The Balaban J connectivity index is 1.63. The highest BCUT2D eigenvalue weighted by Gasteiger charge is 2.16. The molecule has 1 heterocycles. The molecule has 4 aromatic rings. The van der Waals surface area contributed by atoms with E-state index in [0.717, 1.165) is 20.8 Å². The molecule has 0 fully saturated rings. The highest BCUT2D eigenvalue weighted by atomic mass is 35.5. The average molecular weight is 427 g/mol. The monoisotopic (exact) mass is 426 g/mol. The van der Waals surface area contributed by atoms with Crippen LogP contribution in [0.15, 0.2) is 60.7 Å². The maximum Gasteiger partial charge on any atom is 0.269 e. The molecule has 0 unspecified atom stereocenters. The maximum absolute atomic E-state index is 10.9. The fourth-order valence-electron chi connectivity index (χ4n) is 2.89. The van der Waals surface area contributed by atoms with Gasteiger partial charge in [0.05, 0.1) is 27.3 Å². The van der Waals surface area contributed by atoms with Crippen LogP contribution in [0, 0.1) is 10.1 Å². The Morgan fingerprint density at radius 1 is 1.14 bits per heavy atom. The molecule has 0 aliphatic heterocycles. The van der Waals surface area contributed by atoms with E-state index in [0.29, 0.717) is 22.1 Å². The van der Waals surface area contributed by atoms with Crippen molar-refractivity contribution in [2.75, 3.05) is 7.11 Å². The molecule has 0 saturated heterocycles. The van der Waals surface area contributed by atoms with Crippen molar-refractivity contribution >= 4 is 38.8 Å². The number of aromatic nitrogens is 1. The van der Waals surface area contributed by atoms with Crippen LogP contribution in [0.5, 0.6) is 11.5 Å². The number of non-ortho nitro benzene ring substituents is 1. The molecule has 1 aromatic heterocycles. The second-order valence-electron chi connectivity index (χ2n) is 6.19. The van der Waals surface area contributed by atoms with Crippen molar-refractivity contribution in [1.82, 2.24) is 4.98 Å². The summed E-state index contributed by atoms with van der Waals surface area (Å²) in [5, 5.41) is 12.1. The number of ether oxygens (including phenoxy) is 2. The normalized spacial score (nSPS) is 10.8. The molecule has 0 saturated carbocycles. The highest BCUT2D eigenvalue weighted by Crippen LogP contribution is 2.41. The molecule has 3 aromatic carbocycles. The lowest BCUT2D eigenvalue weighted by atomic mass is 10.2. The van der Waals surface area contributed by atoms with Gasteiger partial charge in [0.2, 0.25) is 0 Å². The molecule has 6 nitrogen and oxygen atoms in total. The lowest BCUT2D eigenvalue weighted by molar-refractivity contribution is -0.384. The molecule has 0 N–H and O–H groups in total. The van der Waals surface area contributed by atoms with E-state index in [9.17, 15) is 10.1 Å². The van der Waals surface area contributed by atoms with Crippen molar-refractivity contribution in [3.8, 4) is 22.1 Å². The second-order valence-corrected chi connectivity index (χ2v) is 7.63. The van der Waals surface area contributed by atoms with Crippen LogP contribution < -0.4 is 9.47 Å². The zero-order valence-electron chi connectivity index (χ0n) is 15.3. The third-order valence-corrected chi connectivity index (χ3v) is 5.64. The number of rotatable bonds is 6. The molecule has 0 aliphatic rings. The quantitative estimate of drug-likeness (QED) is 0.274. The van der Waals surface area contributed by atoms with Gasteiger partial charge in [0.15, 0.2) is 11.5 Å². The van der Waals surface area contributed by atoms with Crippen LogP contribution in [0.4, 0.5) is 5.69 Å². The number of nitro benzene ring substituents is 1. The van der Waals surface area contributed by atoms with Gasteiger partial charge < -0.3 is 9.47 Å². The summed E-state index contributed by atoms with van der Waals surface area (Å²) in [5.41, 5.74) is 2.42. The van der Waals surface area contributed by atoms with Gasteiger partial charge in [0.25, 0.3) is 5.69 Å². The van der Waals surface area contributed by atoms with Gasteiger partial charge >= 0.3 is 0 Å². The summed E-state index contributed by atoms with van der Waals surface area (Å²) < 4.78 is 12.4. The van der Waals surface area contributed by atoms with Crippen molar-refractivity contribution in [2.45, 2.75) is 6.61 Å². The molecule has 0 aliphatic carbocycles. The Kier molecular flexibility index (Phi) is 5.33. The molecule has 4 rings (SSSR count). The number of halogens is 1. The average Bonchev–Trinajstić information content (AvgIpc) is 3.17. The predicted molar refractivity (Wildman–Crippen MR) is 114 cm³/mol. The van der Waals surface area contributed by atoms with Crippen LogP contribution in [0.25, 0.3) is 20.8 Å². The first kappa shape index (κ1) is 19.2. The first-order valence-electron chi connectivity index (χ1n) is 8.65. The summed E-state index contributed by atoms with van der Waals surface area (Å²) in [4.78, 5) is 15.1. The minimum atomic E-state index is -0.441. The first-order valence-corrected chi connectivity index (χ1v) is 9.84. The predicted octanol–water partition coefficient (Wildman–Crippen LogP) is 6.11. The van der Waals surface area contributed by atoms with Crippen molar-refractivity contribution in [3.63, 3.8) is 0 Å². The van der Waals surface area contributed by atoms with E-state index in [2.05, 4.69) is 4.98 Å². The van der Waals surface area contributed by atoms with Gasteiger partial charge in [-0.1, -0.05) is 35.9 Å². The van der Waals surface area contributed by atoms with E-state index in [-0.39, 0.29) is 12.3 Å². The molecule has 0 radical (unpaired) electrons. The first-order chi connectivity index (χ1) is 14.0. The van der Waals surface area contributed by atoms with E-state index in [1.54, 1.807) is 29.5 Å². The smallest absolute Gasteiger partial charge is 0.269 e. The molecule has 146 valence electrons. The van der Waals surface area contributed by atoms with E-state index in [4.69, 9.17) is 21.1 Å². The number of nitrogens with zero attached hydrogens (tertiary/aromatic N) is 2. The zero-order chi connectivity index (χ0) is 20.4. The number of hydrogen-bond acceptors (Lipinski definition) is 6. The van der Waals surface area contributed by atoms with Crippen molar-refractivity contribution in [1.29, 1.82) is 0 Å². The molecule has 0 amide bonds. The van der Waals surface area contributed by atoms with Crippen molar-refractivity contribution in [2.24, 2.45) is 0 Å². The number of nitro groups is 1. The van der Waals surface area contributed by atoms with Crippen LogP contribution in [0.1, 0.15) is 5.56 Å². The molecule has 0 bridgehead atoms. The summed E-state index contributed by atoms with van der Waals surface area (Å²) >= 11 is 8.04. The standard InChI is InChI=1S/C21H15ClN2O4S/c1-27-18-11-14(21-23-17-7-2-3-8-19(17)29-21)10-16(22)20(18)28-12-13-5-4-6-15(9-13)24(25)26/h2-11H,12H2,1H3. The van der Waals surface area contributed by atoms with Gasteiger partial charge in [-0.05, 0) is 29.8 Å². The zero-order valence-corrected chi connectivity index (χ0v) is 16.9. The van der Waals surface area contributed by atoms with E-state index in [1.807, 2.05) is 30.3 Å². The fourth-order valence-corrected chi connectivity index (χ4v) is 4.11. The number of para-hydroxylation sites is 1. The van der Waals surface area contributed by atoms with Gasteiger partial charge in [0.1, 0.15) is 11.6 Å². The summed E-state index contributed by atoms with van der Waals surface area (Å²) in [5.74, 6) is 0.850. The third kappa shape index (κ3) is 4.01. The minimum Gasteiger partial charge on any atom is -0.493 e. The molecular formula is C21H15ClN2O4S. The Hall–Kier alpha value is -3.16. The van der Waals surface area contributed by atoms with Crippen LogP contribution in [-0.4, -0.2) is 17.0 Å². The van der Waals surface area contributed by atoms with Crippen molar-refractivity contribution in [3.05, 3.63) is 81.4 Å². The van der Waals surface area contributed by atoms with Gasteiger partial charge in [-0.15, -0.1) is 11.3 Å². The molecule has 8 heteroatoms. The largest absolute Gasteiger partial charge is 0.493 e. The summed E-state index contributed by atoms with van der Waals surface area (Å²) in [6, 6.07) is 17.8. The van der Waals surface area contributed by atoms with Crippen LogP contribution >= 0.6 is 22.9 Å². The maximum atomic E-state index is 10.9. The van der Waals surface area contributed by atoms with Gasteiger partial charge in [0, 0.05) is 17.7 Å². The van der Waals surface area contributed by atoms with Gasteiger partial charge in [-0.25, -0.2) is 4.98 Å². The molecular weight excluding hydrogens is 412 g/mol. The Bertz CT molecular complexity index is 1180. The third-order valence-electron chi connectivity index (χ3n) is 4.27. The Morgan fingerprint density at radius 3 is 2.72 bits per heavy atom. The van der Waals surface area contributed by atoms with Crippen LogP contribution in [-0.2, 0) is 6.61 Å². The summed E-state index contributed by atoms with van der Waals surface area (Å²) in [7, 11) is 1.54. The number of fused-ring (bicyclic) bond motifs is 1. The van der Waals surface area contributed by atoms with Crippen molar-refractivity contribution < 1.29 is 14.4 Å². The Morgan fingerprint density at radius 2 is 1.97 bits per heavy atom. The number of thiazole rings is 1. The van der Waals surface area contributed by atoms with Crippen LogP contribution in [0.3, 0.4) is 0 Å². The lowest BCUT2D eigenvalue weighted by Gasteiger charge is -2.13. The van der Waals surface area contributed by atoms with Gasteiger partial charge in [-0.2, -0.15) is 0 Å². The molecule has 29 heavy (non-hydrogen) atoms. The SMILES string of the molecule is COc1cc(-c2nc3ccccc3s2)cc(Cl)c1OCc1cccc([N+](=O)[O-])c1. The topological polar surface area (TPSA) is 74.5 Å². The van der Waals surface area contributed by atoms with Gasteiger partial charge in [-0.3, -0.25) is 10.1 Å². The highest BCUT2D eigenvalue weighted by molar-refractivity contribution is 7.21. The molecule has 0 atom stereocenters. The second kappa shape index (κ2) is 8.06.